The molecule has 2 heterocycles. The second kappa shape index (κ2) is 8.08. The predicted molar refractivity (Wildman–Crippen MR) is 88.9 cm³/mol. The van der Waals surface area contributed by atoms with Gasteiger partial charge in [-0.05, 0) is 18.2 Å². The van der Waals surface area contributed by atoms with E-state index in [1.807, 2.05) is 0 Å². The summed E-state index contributed by atoms with van der Waals surface area (Å²) in [5.41, 5.74) is 1.63. The van der Waals surface area contributed by atoms with E-state index in [4.69, 9.17) is 4.74 Å². The SMILES string of the molecule is CNC(=O)OCc1cc2nc(S(=O)(=O)CCC(=O)COC)ccc2[nH]1. The van der Waals surface area contributed by atoms with Crippen LogP contribution in [0.25, 0.3) is 11.0 Å². The number of hydrogen-bond donors (Lipinski definition) is 2. The minimum absolute atomic E-state index is 0.00361. The summed E-state index contributed by atoms with van der Waals surface area (Å²) in [6.07, 6.45) is -0.704. The first-order chi connectivity index (χ1) is 11.9. The molecular weight excluding hydrogens is 350 g/mol. The molecule has 0 fully saturated rings. The lowest BCUT2D eigenvalue weighted by Gasteiger charge is -2.03. The number of amides is 1. The maximum absolute atomic E-state index is 12.3. The number of rotatable bonds is 8. The van der Waals surface area contributed by atoms with Gasteiger partial charge in [-0.3, -0.25) is 4.79 Å². The van der Waals surface area contributed by atoms with Crippen molar-refractivity contribution in [1.29, 1.82) is 0 Å². The lowest BCUT2D eigenvalue weighted by atomic mass is 10.3. The highest BCUT2D eigenvalue weighted by Gasteiger charge is 2.19. The molecule has 2 aromatic heterocycles. The normalized spacial score (nSPS) is 11.4. The van der Waals surface area contributed by atoms with Crippen LogP contribution in [0.5, 0.6) is 0 Å². The van der Waals surface area contributed by atoms with Crippen LogP contribution >= 0.6 is 0 Å². The van der Waals surface area contributed by atoms with Gasteiger partial charge in [0.25, 0.3) is 0 Å². The van der Waals surface area contributed by atoms with Crippen molar-refractivity contribution in [2.75, 3.05) is 26.5 Å². The van der Waals surface area contributed by atoms with Gasteiger partial charge in [-0.15, -0.1) is 0 Å². The predicted octanol–water partition coefficient (Wildman–Crippen LogP) is 0.798. The number of ether oxygens (including phenoxy) is 2. The number of hydrogen-bond acceptors (Lipinski definition) is 7. The van der Waals surface area contributed by atoms with Gasteiger partial charge in [-0.1, -0.05) is 0 Å². The monoisotopic (exact) mass is 369 g/mol. The van der Waals surface area contributed by atoms with Crippen molar-refractivity contribution >= 4 is 32.7 Å². The highest BCUT2D eigenvalue weighted by Crippen LogP contribution is 2.18. The van der Waals surface area contributed by atoms with E-state index in [1.54, 1.807) is 12.1 Å². The van der Waals surface area contributed by atoms with Gasteiger partial charge in [0.15, 0.2) is 20.6 Å². The van der Waals surface area contributed by atoms with E-state index in [-0.39, 0.29) is 36.2 Å². The standard InChI is InChI=1S/C15H19N3O6S/c1-16-15(20)24-8-10-7-13-12(17-10)3-4-14(18-13)25(21,22)6-5-11(19)9-23-2/h3-4,7,17H,5-6,8-9H2,1-2H3,(H,16,20). The van der Waals surface area contributed by atoms with Crippen LogP contribution in [-0.2, 0) is 30.7 Å². The summed E-state index contributed by atoms with van der Waals surface area (Å²) >= 11 is 0. The Morgan fingerprint density at radius 3 is 2.76 bits per heavy atom. The molecule has 25 heavy (non-hydrogen) atoms. The maximum Gasteiger partial charge on any atom is 0.407 e. The summed E-state index contributed by atoms with van der Waals surface area (Å²) in [5, 5.41) is 2.22. The van der Waals surface area contributed by atoms with Gasteiger partial charge in [0.05, 0.1) is 22.5 Å². The quantitative estimate of drug-likeness (QED) is 0.704. The zero-order valence-electron chi connectivity index (χ0n) is 13.9. The molecule has 0 spiro atoms. The van der Waals surface area contributed by atoms with Gasteiger partial charge in [0.2, 0.25) is 0 Å². The zero-order chi connectivity index (χ0) is 18.4. The number of Topliss-reactive ketones (excluding diaryl/α,β-unsaturated/α-hetero) is 1. The van der Waals surface area contributed by atoms with Gasteiger partial charge >= 0.3 is 6.09 Å². The van der Waals surface area contributed by atoms with Gasteiger partial charge in [-0.25, -0.2) is 18.2 Å². The summed E-state index contributed by atoms with van der Waals surface area (Å²) in [5.74, 6) is -0.618. The zero-order valence-corrected chi connectivity index (χ0v) is 14.7. The Hall–Kier alpha value is -2.46. The molecule has 1 amide bonds. The third-order valence-electron chi connectivity index (χ3n) is 3.34. The lowest BCUT2D eigenvalue weighted by Crippen LogP contribution is -2.18. The van der Waals surface area contributed by atoms with Crippen molar-refractivity contribution in [3.8, 4) is 0 Å². The first kappa shape index (κ1) is 18.9. The van der Waals surface area contributed by atoms with Crippen LogP contribution in [0.2, 0.25) is 0 Å². The number of pyridine rings is 1. The molecule has 2 aromatic rings. The first-order valence-corrected chi connectivity index (χ1v) is 9.07. The van der Waals surface area contributed by atoms with Crippen LogP contribution in [0.1, 0.15) is 12.1 Å². The molecule has 136 valence electrons. The molecule has 0 aliphatic carbocycles. The molecular formula is C15H19N3O6S. The topological polar surface area (TPSA) is 127 Å². The van der Waals surface area contributed by atoms with Crippen molar-refractivity contribution in [1.82, 2.24) is 15.3 Å². The number of H-pyrrole nitrogens is 1. The number of nitrogens with one attached hydrogen (secondary N) is 2. The molecule has 0 unspecified atom stereocenters. The fourth-order valence-corrected chi connectivity index (χ4v) is 3.32. The van der Waals surface area contributed by atoms with Crippen molar-refractivity contribution in [3.63, 3.8) is 0 Å². The van der Waals surface area contributed by atoms with Crippen molar-refractivity contribution in [3.05, 3.63) is 23.9 Å². The molecule has 2 rings (SSSR count). The van der Waals surface area contributed by atoms with Crippen LogP contribution in [0.4, 0.5) is 4.79 Å². The molecule has 0 bridgehead atoms. The molecule has 0 saturated carbocycles. The third-order valence-corrected chi connectivity index (χ3v) is 4.95. The summed E-state index contributed by atoms with van der Waals surface area (Å²) in [6.45, 7) is -0.113. The number of nitrogens with zero attached hydrogens (tertiary/aromatic N) is 1. The van der Waals surface area contributed by atoms with Crippen LogP contribution in [-0.4, -0.2) is 56.8 Å². The molecule has 2 N–H and O–H groups in total. The summed E-state index contributed by atoms with van der Waals surface area (Å²) in [6, 6.07) is 4.56. The van der Waals surface area contributed by atoms with Crippen LogP contribution in [0, 0.1) is 0 Å². The number of ketones is 1. The van der Waals surface area contributed by atoms with E-state index in [0.29, 0.717) is 16.7 Å². The molecule has 0 saturated heterocycles. The Balaban J connectivity index is 2.14. The third kappa shape index (κ3) is 5.00. The Morgan fingerprint density at radius 1 is 1.32 bits per heavy atom. The number of aromatic nitrogens is 2. The fourth-order valence-electron chi connectivity index (χ4n) is 2.10. The molecule has 10 heteroatoms. The van der Waals surface area contributed by atoms with Crippen molar-refractivity contribution < 1.29 is 27.5 Å². The average molecular weight is 369 g/mol. The van der Waals surface area contributed by atoms with E-state index >= 15 is 0 Å². The van der Waals surface area contributed by atoms with Crippen LogP contribution < -0.4 is 5.32 Å². The Labute approximate surface area is 144 Å². The van der Waals surface area contributed by atoms with Crippen LogP contribution in [0.3, 0.4) is 0 Å². The maximum atomic E-state index is 12.3. The molecule has 0 aromatic carbocycles. The largest absolute Gasteiger partial charge is 0.443 e. The highest BCUT2D eigenvalue weighted by atomic mass is 32.2. The van der Waals surface area contributed by atoms with E-state index in [2.05, 4.69) is 20.0 Å². The van der Waals surface area contributed by atoms with Gasteiger partial charge in [-0.2, -0.15) is 0 Å². The van der Waals surface area contributed by atoms with Crippen molar-refractivity contribution in [2.24, 2.45) is 0 Å². The first-order valence-electron chi connectivity index (χ1n) is 7.42. The van der Waals surface area contributed by atoms with E-state index < -0.39 is 15.9 Å². The Morgan fingerprint density at radius 2 is 2.08 bits per heavy atom. The van der Waals surface area contributed by atoms with Gasteiger partial charge < -0.3 is 19.8 Å². The number of aromatic amines is 1. The minimum atomic E-state index is -3.68. The van der Waals surface area contributed by atoms with Gasteiger partial charge in [0.1, 0.15) is 13.2 Å². The van der Waals surface area contributed by atoms with E-state index in [9.17, 15) is 18.0 Å². The molecule has 0 aliphatic heterocycles. The van der Waals surface area contributed by atoms with E-state index in [0.717, 1.165) is 0 Å². The second-order valence-electron chi connectivity index (χ2n) is 5.24. The second-order valence-corrected chi connectivity index (χ2v) is 7.30. The molecule has 9 nitrogen and oxygen atoms in total. The number of fused-ring (bicyclic) bond motifs is 1. The lowest BCUT2D eigenvalue weighted by molar-refractivity contribution is -0.122. The molecule has 0 atom stereocenters. The van der Waals surface area contributed by atoms with Crippen LogP contribution in [0.15, 0.2) is 23.2 Å². The number of methoxy groups -OCH3 is 1. The smallest absolute Gasteiger partial charge is 0.407 e. The summed E-state index contributed by atoms with van der Waals surface area (Å²) in [4.78, 5) is 29.6. The van der Waals surface area contributed by atoms with E-state index in [1.165, 1.54) is 20.2 Å². The minimum Gasteiger partial charge on any atom is -0.443 e. The average Bonchev–Trinajstić information content (AvgIpc) is 3.00. The highest BCUT2D eigenvalue weighted by molar-refractivity contribution is 7.91. The molecule has 0 aliphatic rings. The summed E-state index contributed by atoms with van der Waals surface area (Å²) < 4.78 is 34.2. The molecule has 0 radical (unpaired) electrons. The number of carbonyl (C=O) groups excluding carboxylic acids is 2. The fraction of sp³-hybridized carbons (Fsp3) is 0.400. The Kier molecular flexibility index (Phi) is 6.10. The number of carbonyl (C=O) groups is 2. The summed E-state index contributed by atoms with van der Waals surface area (Å²) in [7, 11) is -0.860. The Bertz CT molecular complexity index is 875. The van der Waals surface area contributed by atoms with Crippen molar-refractivity contribution in [2.45, 2.75) is 18.1 Å². The van der Waals surface area contributed by atoms with Gasteiger partial charge in [0, 0.05) is 20.6 Å². The number of sulfone groups is 1. The number of alkyl carbamates (subject to hydrolysis) is 1.